The minimum Gasteiger partial charge on any atom is -0.457 e. The van der Waals surface area contributed by atoms with Crippen LogP contribution in [0.3, 0.4) is 0 Å². The summed E-state index contributed by atoms with van der Waals surface area (Å²) in [7, 11) is 0. The molecule has 0 unspecified atom stereocenters. The summed E-state index contributed by atoms with van der Waals surface area (Å²) >= 11 is 0. The first-order valence-corrected chi connectivity index (χ1v) is 12.6. The van der Waals surface area contributed by atoms with E-state index < -0.39 is 17.1 Å². The van der Waals surface area contributed by atoms with Gasteiger partial charge in [0.2, 0.25) is 11.8 Å². The molecule has 0 radical (unpaired) electrons. The predicted octanol–water partition coefficient (Wildman–Crippen LogP) is 6.41. The number of anilines is 2. The van der Waals surface area contributed by atoms with Crippen LogP contribution < -0.4 is 15.4 Å². The van der Waals surface area contributed by atoms with Gasteiger partial charge in [0.05, 0.1) is 11.4 Å². The molecule has 0 aliphatic heterocycles. The number of nitrogens with zero attached hydrogens (tertiary/aromatic N) is 3. The van der Waals surface area contributed by atoms with Crippen LogP contribution in [0.5, 0.6) is 5.75 Å². The zero-order valence-electron chi connectivity index (χ0n) is 21.7. The molecule has 0 atom stereocenters. The monoisotopic (exact) mass is 535 g/mol. The Kier molecular flexibility index (Phi) is 7.46. The summed E-state index contributed by atoms with van der Waals surface area (Å²) in [5, 5.41) is 5.53. The Morgan fingerprint density at radius 3 is 2.17 bits per heavy atom. The first kappa shape index (κ1) is 26.4. The lowest BCUT2D eigenvalue weighted by Crippen LogP contribution is -2.35. The van der Waals surface area contributed by atoms with E-state index in [1.165, 1.54) is 30.6 Å². The number of allylic oxidation sites excluding steroid dienone is 1. The average molecular weight is 536 g/mol. The molecule has 1 aromatic heterocycles. The number of nitrogens with one attached hydrogen (secondary N) is 2. The van der Waals surface area contributed by atoms with Crippen molar-refractivity contribution in [2.45, 2.75) is 19.8 Å². The highest BCUT2D eigenvalue weighted by Gasteiger charge is 2.56. The van der Waals surface area contributed by atoms with Gasteiger partial charge in [-0.2, -0.15) is 0 Å². The zero-order chi connectivity index (χ0) is 28.1. The van der Waals surface area contributed by atoms with E-state index >= 15 is 0 Å². The average Bonchev–Trinajstić information content (AvgIpc) is 3.81. The molecule has 40 heavy (non-hydrogen) atoms. The normalized spacial score (nSPS) is 13.7. The third-order valence-electron chi connectivity index (χ3n) is 6.63. The number of carbonyl (C=O) groups is 2. The van der Waals surface area contributed by atoms with E-state index in [0.717, 1.165) is 16.8 Å². The summed E-state index contributed by atoms with van der Waals surface area (Å²) in [5.41, 5.74) is 2.87. The van der Waals surface area contributed by atoms with E-state index in [1.54, 1.807) is 30.5 Å². The number of hydrogen-bond acceptors (Lipinski definition) is 6. The molecule has 4 aromatic rings. The van der Waals surface area contributed by atoms with Crippen molar-refractivity contribution < 1.29 is 18.7 Å². The molecule has 1 fully saturated rings. The van der Waals surface area contributed by atoms with E-state index in [0.29, 0.717) is 41.4 Å². The third-order valence-corrected chi connectivity index (χ3v) is 6.63. The summed E-state index contributed by atoms with van der Waals surface area (Å²) in [6, 6.07) is 19.8. The topological polar surface area (TPSA) is 106 Å². The lowest BCUT2D eigenvalue weighted by atomic mass is 10.0. The molecule has 0 bridgehead atoms. The maximum Gasteiger partial charge on any atom is 0.240 e. The van der Waals surface area contributed by atoms with Crippen LogP contribution in [0.4, 0.5) is 21.5 Å². The standard InChI is InChI=1S/C31H26FN5O3/c1-3-28(25-13-4-20(18-27(25)33-2)26-14-17-34-19-35-26)40-24-11-9-23(10-12-24)37-30(39)31(15-16-31)29(38)36-22-7-5-21(32)6-8-22/h3-14,17-19H,2,15-16H2,1H3,(H,36,38)(H,37,39)/b28-3+. The van der Waals surface area contributed by atoms with Gasteiger partial charge in [0.1, 0.15) is 29.1 Å². The molecule has 1 aliphatic rings. The van der Waals surface area contributed by atoms with Crippen LogP contribution in [0.2, 0.25) is 0 Å². The van der Waals surface area contributed by atoms with Gasteiger partial charge in [0.15, 0.2) is 0 Å². The van der Waals surface area contributed by atoms with Crippen molar-refractivity contribution in [3.63, 3.8) is 0 Å². The molecule has 2 amide bonds. The van der Waals surface area contributed by atoms with Crippen LogP contribution in [0.15, 0.2) is 96.4 Å². The second-order valence-corrected chi connectivity index (χ2v) is 9.26. The van der Waals surface area contributed by atoms with Gasteiger partial charge in [-0.15, -0.1) is 0 Å². The number of benzene rings is 3. The minimum atomic E-state index is -1.15. The van der Waals surface area contributed by atoms with Gasteiger partial charge >= 0.3 is 0 Å². The fraction of sp³-hybridized carbons (Fsp3) is 0.129. The molecule has 1 saturated carbocycles. The fourth-order valence-corrected chi connectivity index (χ4v) is 4.21. The largest absolute Gasteiger partial charge is 0.457 e. The van der Waals surface area contributed by atoms with Crippen molar-refractivity contribution in [3.8, 4) is 17.0 Å². The van der Waals surface area contributed by atoms with Crippen molar-refractivity contribution in [1.29, 1.82) is 0 Å². The smallest absolute Gasteiger partial charge is 0.240 e. The molecular weight excluding hydrogens is 509 g/mol. The highest BCUT2D eigenvalue weighted by Crippen LogP contribution is 2.47. The third kappa shape index (κ3) is 5.63. The first-order valence-electron chi connectivity index (χ1n) is 12.6. The van der Waals surface area contributed by atoms with Gasteiger partial charge in [0, 0.05) is 28.7 Å². The van der Waals surface area contributed by atoms with Crippen molar-refractivity contribution in [3.05, 3.63) is 103 Å². The molecular formula is C31H26FN5O3. The maximum atomic E-state index is 13.2. The maximum absolute atomic E-state index is 13.2. The molecule has 5 rings (SSSR count). The lowest BCUT2D eigenvalue weighted by Gasteiger charge is -2.16. The van der Waals surface area contributed by atoms with Crippen molar-refractivity contribution in [1.82, 2.24) is 9.97 Å². The summed E-state index contributed by atoms with van der Waals surface area (Å²) in [6.45, 7) is 5.57. The fourth-order valence-electron chi connectivity index (χ4n) is 4.21. The Balaban J connectivity index is 1.24. The van der Waals surface area contributed by atoms with Crippen molar-refractivity contribution in [2.24, 2.45) is 10.4 Å². The number of ether oxygens (including phenoxy) is 1. The zero-order valence-corrected chi connectivity index (χ0v) is 21.7. The van der Waals surface area contributed by atoms with Gasteiger partial charge in [0.25, 0.3) is 0 Å². The Hall–Kier alpha value is -5.18. The summed E-state index contributed by atoms with van der Waals surface area (Å²) in [5.74, 6) is -0.0637. The Labute approximate surface area is 230 Å². The van der Waals surface area contributed by atoms with Gasteiger partial charge in [-0.1, -0.05) is 6.07 Å². The molecule has 0 saturated heterocycles. The summed E-state index contributed by atoms with van der Waals surface area (Å²) in [6.07, 6.45) is 5.88. The molecule has 3 aromatic carbocycles. The predicted molar refractivity (Wildman–Crippen MR) is 153 cm³/mol. The number of halogens is 1. The van der Waals surface area contributed by atoms with Crippen LogP contribution in [0.25, 0.3) is 17.0 Å². The van der Waals surface area contributed by atoms with E-state index in [4.69, 9.17) is 4.74 Å². The summed E-state index contributed by atoms with van der Waals surface area (Å²) in [4.78, 5) is 38.2. The van der Waals surface area contributed by atoms with Gasteiger partial charge < -0.3 is 15.4 Å². The first-order chi connectivity index (χ1) is 19.4. The molecule has 1 aliphatic carbocycles. The molecule has 200 valence electrons. The van der Waals surface area contributed by atoms with Crippen LogP contribution in [0, 0.1) is 11.2 Å². The van der Waals surface area contributed by atoms with E-state index in [2.05, 4.69) is 32.3 Å². The number of aliphatic imine (C=N–C) groups is 1. The van der Waals surface area contributed by atoms with Crippen LogP contribution in [-0.4, -0.2) is 28.5 Å². The number of carbonyl (C=O) groups excluding carboxylic acids is 2. The second-order valence-electron chi connectivity index (χ2n) is 9.26. The molecule has 9 heteroatoms. The Bertz CT molecular complexity index is 1580. The van der Waals surface area contributed by atoms with Gasteiger partial charge in [-0.3, -0.25) is 14.6 Å². The molecule has 8 nitrogen and oxygen atoms in total. The highest BCUT2D eigenvalue weighted by atomic mass is 19.1. The van der Waals surface area contributed by atoms with Gasteiger partial charge in [-0.05, 0) is 99.3 Å². The molecule has 0 spiro atoms. The quantitative estimate of drug-likeness (QED) is 0.146. The number of rotatable bonds is 9. The second kappa shape index (κ2) is 11.3. The Morgan fingerprint density at radius 1 is 0.975 bits per heavy atom. The number of hydrogen-bond donors (Lipinski definition) is 2. The van der Waals surface area contributed by atoms with Crippen molar-refractivity contribution >= 4 is 41.4 Å². The highest BCUT2D eigenvalue weighted by molar-refractivity contribution is 6.16. The number of aromatic nitrogens is 2. The van der Waals surface area contributed by atoms with E-state index in [-0.39, 0.29) is 5.91 Å². The van der Waals surface area contributed by atoms with E-state index in [9.17, 15) is 14.0 Å². The molecule has 1 heterocycles. The van der Waals surface area contributed by atoms with Crippen LogP contribution in [-0.2, 0) is 9.59 Å². The lowest BCUT2D eigenvalue weighted by molar-refractivity contribution is -0.131. The van der Waals surface area contributed by atoms with Crippen LogP contribution >= 0.6 is 0 Å². The SMILES string of the molecule is C=Nc1cc(-c2ccncn2)ccc1/C(=C\C)Oc1ccc(NC(=O)C2(C(=O)Nc3ccc(F)cc3)CC2)cc1. The minimum absolute atomic E-state index is 0.389. The van der Waals surface area contributed by atoms with Crippen molar-refractivity contribution in [2.75, 3.05) is 10.6 Å². The molecule has 2 N–H and O–H groups in total. The van der Waals surface area contributed by atoms with E-state index in [1.807, 2.05) is 37.3 Å². The van der Waals surface area contributed by atoms with Gasteiger partial charge in [-0.25, -0.2) is 14.4 Å². The summed E-state index contributed by atoms with van der Waals surface area (Å²) < 4.78 is 19.3. The Morgan fingerprint density at radius 2 is 1.62 bits per heavy atom. The van der Waals surface area contributed by atoms with Crippen LogP contribution in [0.1, 0.15) is 25.3 Å². The number of amides is 2.